The second-order valence-corrected chi connectivity index (χ2v) is 7.59. The Morgan fingerprint density at radius 2 is 1.80 bits per heavy atom. The van der Waals surface area contributed by atoms with Crippen molar-refractivity contribution >= 4 is 24.7 Å². The van der Waals surface area contributed by atoms with Gasteiger partial charge in [-0.2, -0.15) is 0 Å². The molecule has 10 heavy (non-hydrogen) atoms. The van der Waals surface area contributed by atoms with E-state index in [9.17, 15) is 0 Å². The average Bonchev–Trinajstić information content (AvgIpc) is 2.74. The molecule has 0 N–H and O–H groups in total. The maximum absolute atomic E-state index is 2.30. The van der Waals surface area contributed by atoms with E-state index < -0.39 is 0 Å². The van der Waals surface area contributed by atoms with Gasteiger partial charge in [0, 0.05) is 0 Å². The van der Waals surface area contributed by atoms with Crippen LogP contribution in [0, 0.1) is 0 Å². The van der Waals surface area contributed by atoms with Gasteiger partial charge in [-0.25, -0.2) is 0 Å². The van der Waals surface area contributed by atoms with Gasteiger partial charge in [-0.1, -0.05) is 0 Å². The molecule has 0 spiro atoms. The Morgan fingerprint density at radius 1 is 1.10 bits per heavy atom. The van der Waals surface area contributed by atoms with Gasteiger partial charge >= 0.3 is 71.8 Å². The summed E-state index contributed by atoms with van der Waals surface area (Å²) in [5.74, 6) is 0. The Labute approximate surface area is 71.9 Å². The molecular formula is C9H10Sn. The summed E-state index contributed by atoms with van der Waals surface area (Å²) >= 11 is -0.128. The van der Waals surface area contributed by atoms with E-state index in [0.717, 1.165) is 0 Å². The van der Waals surface area contributed by atoms with Crippen molar-refractivity contribution in [2.75, 3.05) is 0 Å². The summed E-state index contributed by atoms with van der Waals surface area (Å²) in [6.45, 7) is 0. The molecule has 0 atom stereocenters. The van der Waals surface area contributed by atoms with Gasteiger partial charge in [0.1, 0.15) is 0 Å². The topological polar surface area (TPSA) is 0 Å². The molecule has 1 heteroatoms. The van der Waals surface area contributed by atoms with Crippen LogP contribution in [0.4, 0.5) is 0 Å². The van der Waals surface area contributed by atoms with E-state index in [1.165, 1.54) is 16.8 Å². The molecule has 0 aliphatic heterocycles. The summed E-state index contributed by atoms with van der Waals surface area (Å²) in [4.78, 5) is 0. The first-order valence-electron chi connectivity index (χ1n) is 3.77. The van der Waals surface area contributed by atoms with Crippen LogP contribution in [-0.4, -0.2) is 21.1 Å². The van der Waals surface area contributed by atoms with Gasteiger partial charge in [0.25, 0.3) is 0 Å². The van der Waals surface area contributed by atoms with Crippen LogP contribution >= 0.6 is 0 Å². The van der Waals surface area contributed by atoms with Crippen molar-refractivity contribution < 1.29 is 0 Å². The van der Waals surface area contributed by atoms with Gasteiger partial charge in [-0.05, 0) is 0 Å². The van der Waals surface area contributed by atoms with Crippen molar-refractivity contribution in [2.45, 2.75) is 16.8 Å². The van der Waals surface area contributed by atoms with Gasteiger partial charge in [0.15, 0.2) is 0 Å². The molecular weight excluding hydrogens is 227 g/mol. The predicted octanol–water partition coefficient (Wildman–Crippen LogP) is 1.60. The Morgan fingerprint density at radius 3 is 2.40 bits per heavy atom. The van der Waals surface area contributed by atoms with E-state index in [1.807, 2.05) is 0 Å². The third kappa shape index (κ3) is 1.75. The van der Waals surface area contributed by atoms with Crippen LogP contribution in [0.25, 0.3) is 0 Å². The van der Waals surface area contributed by atoms with Crippen molar-refractivity contribution in [3.05, 3.63) is 30.3 Å². The van der Waals surface area contributed by atoms with Crippen LogP contribution in [0.2, 0.25) is 3.93 Å². The molecule has 1 fully saturated rings. The molecule has 1 aliphatic rings. The fraction of sp³-hybridized carbons (Fsp3) is 0.333. The molecule has 0 saturated heterocycles. The van der Waals surface area contributed by atoms with Crippen LogP contribution in [-0.2, 0) is 0 Å². The normalized spacial score (nSPS) is 17.2. The molecule has 0 bridgehead atoms. The predicted molar refractivity (Wildman–Crippen MR) is 44.8 cm³/mol. The maximum atomic E-state index is 2.30. The minimum absolute atomic E-state index is 0.128. The zero-order valence-corrected chi connectivity index (χ0v) is 8.73. The first kappa shape index (κ1) is 6.71. The summed E-state index contributed by atoms with van der Waals surface area (Å²) in [6, 6.07) is 11.0. The molecule has 0 heterocycles. The van der Waals surface area contributed by atoms with Crippen molar-refractivity contribution in [2.24, 2.45) is 0 Å². The van der Waals surface area contributed by atoms with Crippen LogP contribution in [0.15, 0.2) is 30.3 Å². The molecule has 50 valence electrons. The van der Waals surface area contributed by atoms with Crippen LogP contribution in [0.1, 0.15) is 12.8 Å². The molecule has 0 unspecified atom stereocenters. The molecule has 0 nitrogen and oxygen atoms in total. The second kappa shape index (κ2) is 2.95. The SMILES string of the molecule is c1cc[c]([Sn][CH]2CC2)cc1. The number of benzene rings is 1. The fourth-order valence-corrected chi connectivity index (χ4v) is 4.74. The number of rotatable bonds is 2. The van der Waals surface area contributed by atoms with E-state index in [1.54, 1.807) is 3.58 Å². The first-order chi connectivity index (χ1) is 4.95. The average molecular weight is 237 g/mol. The van der Waals surface area contributed by atoms with Crippen molar-refractivity contribution in [1.29, 1.82) is 0 Å². The minimum atomic E-state index is -0.128. The van der Waals surface area contributed by atoms with E-state index in [-0.39, 0.29) is 21.1 Å². The van der Waals surface area contributed by atoms with Crippen molar-refractivity contribution in [3.8, 4) is 0 Å². The summed E-state index contributed by atoms with van der Waals surface area (Å²) in [5, 5.41) is 0. The van der Waals surface area contributed by atoms with Crippen LogP contribution in [0.5, 0.6) is 0 Å². The van der Waals surface area contributed by atoms with Crippen LogP contribution in [0.3, 0.4) is 0 Å². The third-order valence-electron chi connectivity index (χ3n) is 1.72. The van der Waals surface area contributed by atoms with E-state index >= 15 is 0 Å². The Bertz CT molecular complexity index is 201. The Kier molecular flexibility index (Phi) is 1.98. The fourth-order valence-electron chi connectivity index (χ4n) is 0.998. The van der Waals surface area contributed by atoms with E-state index in [4.69, 9.17) is 0 Å². The van der Waals surface area contributed by atoms with Crippen molar-refractivity contribution in [3.63, 3.8) is 0 Å². The first-order valence-corrected chi connectivity index (χ1v) is 6.84. The zero-order chi connectivity index (χ0) is 6.81. The molecule has 2 rings (SSSR count). The zero-order valence-electron chi connectivity index (χ0n) is 5.88. The second-order valence-electron chi connectivity index (χ2n) is 2.78. The van der Waals surface area contributed by atoms with Gasteiger partial charge in [0.2, 0.25) is 0 Å². The molecule has 1 saturated carbocycles. The quantitative estimate of drug-likeness (QED) is 0.685. The Hall–Kier alpha value is 0.0187. The standard InChI is InChI=1S/C6H5.C3H5.Sn/c1-2-4-6-5-3-1;1-2-3-1;/h1-5H;1H,2-3H2;. The summed E-state index contributed by atoms with van der Waals surface area (Å²) < 4.78 is 2.86. The summed E-state index contributed by atoms with van der Waals surface area (Å²) in [6.07, 6.45) is 3.06. The molecule has 1 aromatic rings. The monoisotopic (exact) mass is 238 g/mol. The Balaban J connectivity index is 2.03. The van der Waals surface area contributed by atoms with E-state index in [0.29, 0.717) is 0 Å². The summed E-state index contributed by atoms with van der Waals surface area (Å²) in [5.41, 5.74) is 0. The van der Waals surface area contributed by atoms with E-state index in [2.05, 4.69) is 30.3 Å². The third-order valence-corrected chi connectivity index (χ3v) is 6.44. The van der Waals surface area contributed by atoms with Gasteiger partial charge < -0.3 is 0 Å². The van der Waals surface area contributed by atoms with Gasteiger partial charge in [-0.15, -0.1) is 0 Å². The molecule has 2 radical (unpaired) electrons. The van der Waals surface area contributed by atoms with Crippen LogP contribution < -0.4 is 3.58 Å². The molecule has 0 aromatic heterocycles. The molecule has 1 aliphatic carbocycles. The number of hydrogen-bond acceptors (Lipinski definition) is 0. The van der Waals surface area contributed by atoms with Gasteiger partial charge in [0.05, 0.1) is 0 Å². The number of hydrogen-bond donors (Lipinski definition) is 0. The molecule has 1 aromatic carbocycles. The van der Waals surface area contributed by atoms with Crippen molar-refractivity contribution in [1.82, 2.24) is 0 Å². The van der Waals surface area contributed by atoms with Gasteiger partial charge in [-0.3, -0.25) is 0 Å². The molecule has 0 amide bonds. The summed E-state index contributed by atoms with van der Waals surface area (Å²) in [7, 11) is 0.